The van der Waals surface area contributed by atoms with Crippen molar-refractivity contribution in [2.75, 3.05) is 11.4 Å². The van der Waals surface area contributed by atoms with Crippen molar-refractivity contribution >= 4 is 17.3 Å². The standard InChI is InChI=1S/C14H20ClNO/c1-10-6-7-11(15)9-12(10)16-8-4-5-13(17)14(16,2)3/h6-7,9,13,17H,4-5,8H2,1-3H3. The van der Waals surface area contributed by atoms with E-state index in [4.69, 9.17) is 11.6 Å². The van der Waals surface area contributed by atoms with Crippen molar-refractivity contribution in [2.24, 2.45) is 0 Å². The van der Waals surface area contributed by atoms with Crippen LogP contribution in [0.2, 0.25) is 5.02 Å². The lowest BCUT2D eigenvalue weighted by molar-refractivity contribution is 0.0711. The van der Waals surface area contributed by atoms with Crippen LogP contribution in [0.1, 0.15) is 32.3 Å². The Bertz CT molecular complexity index is 417. The summed E-state index contributed by atoms with van der Waals surface area (Å²) in [6.45, 7) is 7.25. The molecule has 1 unspecified atom stereocenters. The molecule has 1 fully saturated rings. The summed E-state index contributed by atoms with van der Waals surface area (Å²) in [5, 5.41) is 10.9. The van der Waals surface area contributed by atoms with Crippen LogP contribution in [-0.4, -0.2) is 23.3 Å². The van der Waals surface area contributed by atoms with E-state index in [0.717, 1.165) is 30.1 Å². The molecule has 3 heteroatoms. The van der Waals surface area contributed by atoms with Crippen molar-refractivity contribution in [3.63, 3.8) is 0 Å². The first-order valence-corrected chi connectivity index (χ1v) is 6.52. The molecule has 0 bridgehead atoms. The molecule has 17 heavy (non-hydrogen) atoms. The molecule has 0 spiro atoms. The number of hydrogen-bond donors (Lipinski definition) is 1. The lowest BCUT2D eigenvalue weighted by Crippen LogP contribution is -2.56. The Kier molecular flexibility index (Phi) is 3.37. The molecule has 1 aromatic carbocycles. The molecule has 0 aromatic heterocycles. The molecule has 1 heterocycles. The van der Waals surface area contributed by atoms with Gasteiger partial charge in [-0.2, -0.15) is 0 Å². The van der Waals surface area contributed by atoms with Crippen LogP contribution in [-0.2, 0) is 0 Å². The minimum absolute atomic E-state index is 0.228. The predicted octanol–water partition coefficient (Wildman–Crippen LogP) is 3.39. The first kappa shape index (κ1) is 12.7. The van der Waals surface area contributed by atoms with E-state index in [2.05, 4.69) is 25.7 Å². The number of hydrogen-bond acceptors (Lipinski definition) is 2. The van der Waals surface area contributed by atoms with Gasteiger partial charge in [-0.3, -0.25) is 0 Å². The second kappa shape index (κ2) is 4.51. The Balaban J connectivity index is 2.41. The molecule has 0 radical (unpaired) electrons. The third-order valence-electron chi connectivity index (χ3n) is 3.83. The first-order chi connectivity index (χ1) is 7.93. The van der Waals surface area contributed by atoms with Gasteiger partial charge in [-0.05, 0) is 51.3 Å². The van der Waals surface area contributed by atoms with Gasteiger partial charge in [0.1, 0.15) is 0 Å². The van der Waals surface area contributed by atoms with Gasteiger partial charge in [0.25, 0.3) is 0 Å². The molecular formula is C14H20ClNO. The van der Waals surface area contributed by atoms with Gasteiger partial charge in [-0.15, -0.1) is 0 Å². The summed E-state index contributed by atoms with van der Waals surface area (Å²) < 4.78 is 0. The number of piperidine rings is 1. The Hall–Kier alpha value is -0.730. The number of benzene rings is 1. The predicted molar refractivity (Wildman–Crippen MR) is 72.9 cm³/mol. The van der Waals surface area contributed by atoms with Gasteiger partial charge < -0.3 is 10.0 Å². The van der Waals surface area contributed by atoms with Crippen LogP contribution in [0, 0.1) is 6.92 Å². The fourth-order valence-electron chi connectivity index (χ4n) is 2.57. The zero-order valence-corrected chi connectivity index (χ0v) is 11.5. The van der Waals surface area contributed by atoms with E-state index < -0.39 is 0 Å². The summed E-state index contributed by atoms with van der Waals surface area (Å²) >= 11 is 6.08. The molecule has 94 valence electrons. The highest BCUT2D eigenvalue weighted by atomic mass is 35.5. The second-order valence-corrected chi connectivity index (χ2v) is 5.83. The zero-order chi connectivity index (χ0) is 12.6. The molecule has 1 atom stereocenters. The molecular weight excluding hydrogens is 234 g/mol. The van der Waals surface area contributed by atoms with Crippen LogP contribution in [0.3, 0.4) is 0 Å². The normalized spacial score (nSPS) is 23.8. The number of anilines is 1. The van der Waals surface area contributed by atoms with Crippen molar-refractivity contribution in [3.05, 3.63) is 28.8 Å². The van der Waals surface area contributed by atoms with Gasteiger partial charge in [0, 0.05) is 17.3 Å². The third kappa shape index (κ3) is 2.29. The summed E-state index contributed by atoms with van der Waals surface area (Å²) in [7, 11) is 0. The van der Waals surface area contributed by atoms with Gasteiger partial charge in [0.15, 0.2) is 0 Å². The molecule has 0 saturated carbocycles. The van der Waals surface area contributed by atoms with Gasteiger partial charge in [0.2, 0.25) is 0 Å². The largest absolute Gasteiger partial charge is 0.391 e. The van der Waals surface area contributed by atoms with Crippen molar-refractivity contribution in [1.29, 1.82) is 0 Å². The van der Waals surface area contributed by atoms with Crippen LogP contribution in [0.25, 0.3) is 0 Å². The molecule has 2 nitrogen and oxygen atoms in total. The fraction of sp³-hybridized carbons (Fsp3) is 0.571. The van der Waals surface area contributed by atoms with Gasteiger partial charge in [-0.25, -0.2) is 0 Å². The number of aryl methyl sites for hydroxylation is 1. The van der Waals surface area contributed by atoms with Gasteiger partial charge in [0.05, 0.1) is 11.6 Å². The maximum atomic E-state index is 10.2. The quantitative estimate of drug-likeness (QED) is 0.829. The highest BCUT2D eigenvalue weighted by Crippen LogP contribution is 2.35. The van der Waals surface area contributed by atoms with Crippen LogP contribution in [0.15, 0.2) is 18.2 Å². The average molecular weight is 254 g/mol. The summed E-state index contributed by atoms with van der Waals surface area (Å²) in [5.41, 5.74) is 2.12. The van der Waals surface area contributed by atoms with E-state index in [1.165, 1.54) is 5.56 Å². The van der Waals surface area contributed by atoms with E-state index >= 15 is 0 Å². The monoisotopic (exact) mass is 253 g/mol. The molecule has 0 amide bonds. The summed E-state index contributed by atoms with van der Waals surface area (Å²) in [5.74, 6) is 0. The van der Waals surface area contributed by atoms with E-state index in [9.17, 15) is 5.11 Å². The maximum absolute atomic E-state index is 10.2. The Morgan fingerprint density at radius 2 is 2.12 bits per heavy atom. The van der Waals surface area contributed by atoms with E-state index in [1.54, 1.807) is 0 Å². The fourth-order valence-corrected chi connectivity index (χ4v) is 2.73. The van der Waals surface area contributed by atoms with Crippen LogP contribution in [0.5, 0.6) is 0 Å². The number of aliphatic hydroxyl groups is 1. The molecule has 0 aliphatic carbocycles. The minimum atomic E-state index is -0.283. The highest BCUT2D eigenvalue weighted by Gasteiger charge is 2.38. The van der Waals surface area contributed by atoms with Crippen LogP contribution >= 0.6 is 11.6 Å². The second-order valence-electron chi connectivity index (χ2n) is 5.39. The van der Waals surface area contributed by atoms with Crippen LogP contribution in [0.4, 0.5) is 5.69 Å². The number of aliphatic hydroxyl groups excluding tert-OH is 1. The summed E-state index contributed by atoms with van der Waals surface area (Å²) in [6, 6.07) is 5.94. The number of rotatable bonds is 1. The van der Waals surface area contributed by atoms with Crippen molar-refractivity contribution in [1.82, 2.24) is 0 Å². The lowest BCUT2D eigenvalue weighted by atomic mass is 9.86. The highest BCUT2D eigenvalue weighted by molar-refractivity contribution is 6.30. The zero-order valence-electron chi connectivity index (χ0n) is 10.7. The van der Waals surface area contributed by atoms with Crippen molar-refractivity contribution in [2.45, 2.75) is 45.3 Å². The molecule has 1 aliphatic heterocycles. The Morgan fingerprint density at radius 3 is 2.82 bits per heavy atom. The molecule has 1 N–H and O–H groups in total. The van der Waals surface area contributed by atoms with E-state index in [-0.39, 0.29) is 11.6 Å². The molecule has 1 aliphatic rings. The third-order valence-corrected chi connectivity index (χ3v) is 4.07. The van der Waals surface area contributed by atoms with Crippen LogP contribution < -0.4 is 4.90 Å². The van der Waals surface area contributed by atoms with Gasteiger partial charge >= 0.3 is 0 Å². The topological polar surface area (TPSA) is 23.5 Å². The number of halogens is 1. The number of nitrogens with zero attached hydrogens (tertiary/aromatic N) is 1. The molecule has 1 saturated heterocycles. The smallest absolute Gasteiger partial charge is 0.0767 e. The van der Waals surface area contributed by atoms with E-state index in [1.807, 2.05) is 18.2 Å². The SMILES string of the molecule is Cc1ccc(Cl)cc1N1CCCC(O)C1(C)C. The summed E-state index contributed by atoms with van der Waals surface area (Å²) in [6.07, 6.45) is 1.62. The van der Waals surface area contributed by atoms with Crippen molar-refractivity contribution in [3.8, 4) is 0 Å². The lowest BCUT2D eigenvalue weighted by Gasteiger charge is -2.48. The average Bonchev–Trinajstić information content (AvgIpc) is 2.26. The van der Waals surface area contributed by atoms with E-state index in [0.29, 0.717) is 0 Å². The molecule has 2 rings (SSSR count). The molecule has 1 aromatic rings. The van der Waals surface area contributed by atoms with Gasteiger partial charge in [-0.1, -0.05) is 17.7 Å². The maximum Gasteiger partial charge on any atom is 0.0767 e. The van der Waals surface area contributed by atoms with Crippen molar-refractivity contribution < 1.29 is 5.11 Å². The Morgan fingerprint density at radius 1 is 1.41 bits per heavy atom. The first-order valence-electron chi connectivity index (χ1n) is 6.15. The summed E-state index contributed by atoms with van der Waals surface area (Å²) in [4.78, 5) is 2.28. The minimum Gasteiger partial charge on any atom is -0.391 e. The Labute approximate surface area is 108 Å².